The van der Waals surface area contributed by atoms with E-state index >= 15 is 0 Å². The highest BCUT2D eigenvalue weighted by Gasteiger charge is 2.19. The van der Waals surface area contributed by atoms with E-state index in [-0.39, 0.29) is 6.10 Å². The molecular formula is C12H15BrOS. The normalized spacial score (nSPS) is 26.5. The van der Waals surface area contributed by atoms with E-state index < -0.39 is 0 Å². The van der Waals surface area contributed by atoms with Gasteiger partial charge in [0.05, 0.1) is 6.10 Å². The Morgan fingerprint density at radius 2 is 1.67 bits per heavy atom. The van der Waals surface area contributed by atoms with Crippen LogP contribution in [0.2, 0.25) is 0 Å². The van der Waals surface area contributed by atoms with Gasteiger partial charge in [0.1, 0.15) is 0 Å². The van der Waals surface area contributed by atoms with Crippen molar-refractivity contribution in [2.45, 2.75) is 41.9 Å². The zero-order chi connectivity index (χ0) is 10.7. The molecule has 0 saturated heterocycles. The molecule has 0 aliphatic heterocycles. The van der Waals surface area contributed by atoms with Gasteiger partial charge in [-0.15, -0.1) is 11.8 Å². The molecule has 1 aromatic carbocycles. The van der Waals surface area contributed by atoms with E-state index in [9.17, 15) is 5.11 Å². The topological polar surface area (TPSA) is 20.2 Å². The Morgan fingerprint density at radius 1 is 1.07 bits per heavy atom. The van der Waals surface area contributed by atoms with Crippen molar-refractivity contribution in [2.75, 3.05) is 0 Å². The molecular weight excluding hydrogens is 272 g/mol. The van der Waals surface area contributed by atoms with Crippen LogP contribution in [0, 0.1) is 0 Å². The molecule has 1 aliphatic rings. The van der Waals surface area contributed by atoms with Gasteiger partial charge in [-0.3, -0.25) is 0 Å². The van der Waals surface area contributed by atoms with Gasteiger partial charge < -0.3 is 5.11 Å². The minimum atomic E-state index is -0.0493. The summed E-state index contributed by atoms with van der Waals surface area (Å²) in [7, 11) is 0. The number of hydrogen-bond donors (Lipinski definition) is 1. The van der Waals surface area contributed by atoms with Gasteiger partial charge in [0, 0.05) is 14.6 Å². The van der Waals surface area contributed by atoms with Crippen molar-refractivity contribution in [3.63, 3.8) is 0 Å². The van der Waals surface area contributed by atoms with Crippen molar-refractivity contribution in [3.8, 4) is 0 Å². The molecule has 1 saturated carbocycles. The van der Waals surface area contributed by atoms with Crippen LogP contribution >= 0.6 is 27.7 Å². The summed E-state index contributed by atoms with van der Waals surface area (Å²) in [5.74, 6) is 0. The van der Waals surface area contributed by atoms with Gasteiger partial charge in [0.25, 0.3) is 0 Å². The number of aliphatic hydroxyl groups is 1. The van der Waals surface area contributed by atoms with Gasteiger partial charge >= 0.3 is 0 Å². The fourth-order valence-electron chi connectivity index (χ4n) is 1.87. The fourth-order valence-corrected chi connectivity index (χ4v) is 3.32. The second-order valence-corrected chi connectivity index (χ2v) is 6.29. The molecule has 1 aromatic rings. The van der Waals surface area contributed by atoms with Crippen LogP contribution in [0.3, 0.4) is 0 Å². The summed E-state index contributed by atoms with van der Waals surface area (Å²) >= 11 is 5.38. The molecule has 3 heteroatoms. The Bertz CT molecular complexity index is 304. The molecule has 1 nitrogen and oxygen atoms in total. The lowest BCUT2D eigenvalue weighted by Gasteiger charge is -2.24. The molecule has 1 N–H and O–H groups in total. The van der Waals surface area contributed by atoms with E-state index in [1.807, 2.05) is 11.8 Å². The van der Waals surface area contributed by atoms with Gasteiger partial charge in [-0.05, 0) is 49.9 Å². The second kappa shape index (κ2) is 5.37. The Hall–Kier alpha value is 0.01000. The minimum absolute atomic E-state index is 0.0493. The summed E-state index contributed by atoms with van der Waals surface area (Å²) in [6, 6.07) is 8.47. The highest BCUT2D eigenvalue weighted by atomic mass is 79.9. The van der Waals surface area contributed by atoms with Crippen molar-refractivity contribution in [1.29, 1.82) is 0 Å². The predicted octanol–water partition coefficient (Wildman–Crippen LogP) is 3.84. The summed E-state index contributed by atoms with van der Waals surface area (Å²) in [6.07, 6.45) is 4.17. The number of thioether (sulfide) groups is 1. The molecule has 0 unspecified atom stereocenters. The number of rotatable bonds is 2. The Morgan fingerprint density at radius 3 is 2.27 bits per heavy atom. The van der Waals surface area contributed by atoms with Gasteiger partial charge in [0.2, 0.25) is 0 Å². The summed E-state index contributed by atoms with van der Waals surface area (Å²) in [5, 5.41) is 10.1. The van der Waals surface area contributed by atoms with E-state index in [2.05, 4.69) is 40.2 Å². The first kappa shape index (κ1) is 11.5. The SMILES string of the molecule is OC1CCC(Sc2ccc(Br)cc2)CC1. The molecule has 0 amide bonds. The lowest BCUT2D eigenvalue weighted by molar-refractivity contribution is 0.132. The Kier molecular flexibility index (Phi) is 4.12. The van der Waals surface area contributed by atoms with E-state index in [0.717, 1.165) is 30.2 Å². The lowest BCUT2D eigenvalue weighted by Crippen LogP contribution is -2.19. The van der Waals surface area contributed by atoms with Crippen LogP contribution in [0.1, 0.15) is 25.7 Å². The number of halogens is 1. The molecule has 0 spiro atoms. The Balaban J connectivity index is 1.89. The third-order valence-electron chi connectivity index (χ3n) is 2.76. The first-order chi connectivity index (χ1) is 7.24. The summed E-state index contributed by atoms with van der Waals surface area (Å²) in [6.45, 7) is 0. The summed E-state index contributed by atoms with van der Waals surface area (Å²) < 4.78 is 1.13. The third-order valence-corrected chi connectivity index (χ3v) is 4.64. The summed E-state index contributed by atoms with van der Waals surface area (Å²) in [5.41, 5.74) is 0. The van der Waals surface area contributed by atoms with Gasteiger partial charge in [-0.1, -0.05) is 15.9 Å². The summed E-state index contributed by atoms with van der Waals surface area (Å²) in [4.78, 5) is 1.33. The average molecular weight is 287 g/mol. The van der Waals surface area contributed by atoms with Crippen molar-refractivity contribution in [2.24, 2.45) is 0 Å². The highest BCUT2D eigenvalue weighted by Crippen LogP contribution is 2.34. The van der Waals surface area contributed by atoms with Crippen molar-refractivity contribution >= 4 is 27.7 Å². The predicted molar refractivity (Wildman–Crippen MR) is 68.3 cm³/mol. The lowest BCUT2D eigenvalue weighted by atomic mass is 9.97. The number of aliphatic hydroxyl groups excluding tert-OH is 1. The van der Waals surface area contributed by atoms with Crippen LogP contribution in [0.5, 0.6) is 0 Å². The van der Waals surface area contributed by atoms with Crippen LogP contribution < -0.4 is 0 Å². The maximum absolute atomic E-state index is 9.41. The largest absolute Gasteiger partial charge is 0.393 e. The van der Waals surface area contributed by atoms with Crippen LogP contribution in [0.4, 0.5) is 0 Å². The first-order valence-corrected chi connectivity index (χ1v) is 7.01. The van der Waals surface area contributed by atoms with E-state index in [1.165, 1.54) is 4.90 Å². The third kappa shape index (κ3) is 3.51. The molecule has 0 aromatic heterocycles. The maximum Gasteiger partial charge on any atom is 0.0541 e. The van der Waals surface area contributed by atoms with Gasteiger partial charge in [0.15, 0.2) is 0 Å². The fraction of sp³-hybridized carbons (Fsp3) is 0.500. The molecule has 1 aliphatic carbocycles. The molecule has 15 heavy (non-hydrogen) atoms. The molecule has 0 atom stereocenters. The maximum atomic E-state index is 9.41. The van der Waals surface area contributed by atoms with E-state index in [1.54, 1.807) is 0 Å². The monoisotopic (exact) mass is 286 g/mol. The zero-order valence-corrected chi connectivity index (χ0v) is 10.9. The molecule has 82 valence electrons. The van der Waals surface area contributed by atoms with Crippen LogP contribution in [0.15, 0.2) is 33.6 Å². The highest BCUT2D eigenvalue weighted by molar-refractivity contribution is 9.10. The van der Waals surface area contributed by atoms with Crippen LogP contribution in [-0.4, -0.2) is 16.5 Å². The number of hydrogen-bond acceptors (Lipinski definition) is 2. The molecule has 1 fully saturated rings. The Labute approximate surface area is 103 Å². The van der Waals surface area contributed by atoms with E-state index in [4.69, 9.17) is 0 Å². The molecule has 0 radical (unpaired) electrons. The second-order valence-electron chi connectivity index (χ2n) is 4.00. The van der Waals surface area contributed by atoms with Gasteiger partial charge in [-0.25, -0.2) is 0 Å². The quantitative estimate of drug-likeness (QED) is 0.891. The first-order valence-electron chi connectivity index (χ1n) is 5.34. The van der Waals surface area contributed by atoms with E-state index in [0.29, 0.717) is 5.25 Å². The number of benzene rings is 1. The average Bonchev–Trinajstić information content (AvgIpc) is 2.25. The van der Waals surface area contributed by atoms with Crippen molar-refractivity contribution in [1.82, 2.24) is 0 Å². The molecule has 2 rings (SSSR count). The minimum Gasteiger partial charge on any atom is -0.393 e. The van der Waals surface area contributed by atoms with Crippen LogP contribution in [0.25, 0.3) is 0 Å². The zero-order valence-electron chi connectivity index (χ0n) is 8.53. The standard InChI is InChI=1S/C12H15BrOS/c13-9-1-5-11(6-2-9)15-12-7-3-10(14)4-8-12/h1-2,5-6,10,12,14H,3-4,7-8H2. The van der Waals surface area contributed by atoms with Crippen molar-refractivity contribution in [3.05, 3.63) is 28.7 Å². The van der Waals surface area contributed by atoms with Crippen molar-refractivity contribution < 1.29 is 5.11 Å². The smallest absolute Gasteiger partial charge is 0.0541 e. The molecule has 0 heterocycles. The van der Waals surface area contributed by atoms with Crippen LogP contribution in [-0.2, 0) is 0 Å². The molecule has 0 bridgehead atoms. The van der Waals surface area contributed by atoms with Gasteiger partial charge in [-0.2, -0.15) is 0 Å².